The molecule has 0 radical (unpaired) electrons. The minimum absolute atomic E-state index is 0.0885. The van der Waals surface area contributed by atoms with Crippen molar-refractivity contribution in [1.29, 1.82) is 0 Å². The second-order valence-corrected chi connectivity index (χ2v) is 2.16. The summed E-state index contributed by atoms with van der Waals surface area (Å²) in [5.41, 5.74) is 0. The quantitative estimate of drug-likeness (QED) is 0.704. The van der Waals surface area contributed by atoms with Gasteiger partial charge in [-0.05, 0) is 25.0 Å². The van der Waals surface area contributed by atoms with Gasteiger partial charge in [0.05, 0.1) is 6.61 Å². The molecule has 0 amide bonds. The molecule has 1 rings (SSSR count). The summed E-state index contributed by atoms with van der Waals surface area (Å²) in [4.78, 5) is 0. The van der Waals surface area contributed by atoms with E-state index in [4.69, 9.17) is 9.84 Å². The Hall–Kier alpha value is -0.760. The molecule has 70 valence electrons. The third kappa shape index (κ3) is 4.97. The van der Waals surface area contributed by atoms with E-state index >= 15 is 0 Å². The minimum atomic E-state index is 0.0885. The molecule has 0 saturated heterocycles. The maximum atomic E-state index is 8.42. The first-order chi connectivity index (χ1) is 5.93. The summed E-state index contributed by atoms with van der Waals surface area (Å²) in [7, 11) is 0. The molecule has 1 aliphatic rings. The van der Waals surface area contributed by atoms with Gasteiger partial charge in [-0.1, -0.05) is 19.9 Å². The lowest BCUT2D eigenvalue weighted by Gasteiger charge is -2.07. The fraction of sp³-hybridized carbons (Fsp3) is 0.600. The van der Waals surface area contributed by atoms with Gasteiger partial charge in [-0.25, -0.2) is 0 Å². The lowest BCUT2D eigenvalue weighted by Crippen LogP contribution is -1.98. The van der Waals surface area contributed by atoms with Gasteiger partial charge in [0.2, 0.25) is 0 Å². The summed E-state index contributed by atoms with van der Waals surface area (Å²) in [6.45, 7) is 4.49. The molecular weight excluding hydrogens is 152 g/mol. The first kappa shape index (κ1) is 11.2. The van der Waals surface area contributed by atoms with E-state index in [1.165, 1.54) is 0 Å². The van der Waals surface area contributed by atoms with Crippen LogP contribution in [-0.4, -0.2) is 18.3 Å². The number of aliphatic hydroxyl groups is 1. The van der Waals surface area contributed by atoms with E-state index in [0.29, 0.717) is 6.61 Å². The van der Waals surface area contributed by atoms with Crippen LogP contribution in [0.15, 0.2) is 24.0 Å². The zero-order valence-corrected chi connectivity index (χ0v) is 7.92. The number of hydrogen-bond acceptors (Lipinski definition) is 2. The average Bonchev–Trinajstić information content (AvgIpc) is 2.19. The Morgan fingerprint density at radius 2 is 2.17 bits per heavy atom. The third-order valence-corrected chi connectivity index (χ3v) is 1.32. The second-order valence-electron chi connectivity index (χ2n) is 2.16. The molecule has 0 aromatic carbocycles. The zero-order chi connectivity index (χ0) is 9.23. The zero-order valence-electron chi connectivity index (χ0n) is 7.92. The van der Waals surface area contributed by atoms with Gasteiger partial charge >= 0.3 is 0 Å². The van der Waals surface area contributed by atoms with Gasteiger partial charge in [0, 0.05) is 0 Å². The van der Waals surface area contributed by atoms with Gasteiger partial charge in [-0.15, -0.1) is 0 Å². The average molecular weight is 170 g/mol. The van der Waals surface area contributed by atoms with Crippen LogP contribution in [0.2, 0.25) is 0 Å². The molecule has 0 aromatic rings. The highest BCUT2D eigenvalue weighted by Crippen LogP contribution is 2.09. The molecule has 12 heavy (non-hydrogen) atoms. The largest absolute Gasteiger partial charge is 0.492 e. The van der Waals surface area contributed by atoms with Crippen LogP contribution >= 0.6 is 0 Å². The standard InChI is InChI=1S/C8H12O2.C2H6/c9-6-7-10-8-4-2-1-3-5-8;1-2/h2,4-5,9H,1,3,6-7H2;1-2H3. The van der Waals surface area contributed by atoms with Crippen molar-refractivity contribution in [3.8, 4) is 0 Å². The van der Waals surface area contributed by atoms with Crippen molar-refractivity contribution in [3.05, 3.63) is 24.0 Å². The van der Waals surface area contributed by atoms with Crippen LogP contribution in [0, 0.1) is 0 Å². The number of aliphatic hydroxyl groups excluding tert-OH is 1. The Balaban J connectivity index is 0.000000561. The number of allylic oxidation sites excluding steroid dienone is 3. The topological polar surface area (TPSA) is 29.5 Å². The SMILES string of the molecule is CC.OCCOC1=CCCC=C1. The molecule has 0 aromatic heterocycles. The second kappa shape index (κ2) is 8.34. The van der Waals surface area contributed by atoms with Crippen molar-refractivity contribution in [2.75, 3.05) is 13.2 Å². The van der Waals surface area contributed by atoms with E-state index in [0.717, 1.165) is 18.6 Å². The molecule has 0 fully saturated rings. The third-order valence-electron chi connectivity index (χ3n) is 1.32. The van der Waals surface area contributed by atoms with E-state index in [2.05, 4.69) is 6.08 Å². The van der Waals surface area contributed by atoms with E-state index in [9.17, 15) is 0 Å². The van der Waals surface area contributed by atoms with Gasteiger partial charge in [-0.2, -0.15) is 0 Å². The van der Waals surface area contributed by atoms with Crippen LogP contribution in [0.3, 0.4) is 0 Å². The lowest BCUT2D eigenvalue weighted by molar-refractivity contribution is 0.151. The Labute approximate surface area is 74.6 Å². The summed E-state index contributed by atoms with van der Waals surface area (Å²) >= 11 is 0. The molecule has 0 heterocycles. The summed E-state index contributed by atoms with van der Waals surface area (Å²) in [6, 6.07) is 0. The van der Waals surface area contributed by atoms with Crippen molar-refractivity contribution in [1.82, 2.24) is 0 Å². The van der Waals surface area contributed by atoms with Crippen molar-refractivity contribution >= 4 is 0 Å². The van der Waals surface area contributed by atoms with Crippen LogP contribution < -0.4 is 0 Å². The predicted molar refractivity (Wildman–Crippen MR) is 50.8 cm³/mol. The van der Waals surface area contributed by atoms with E-state index < -0.39 is 0 Å². The first-order valence-electron chi connectivity index (χ1n) is 4.54. The maximum Gasteiger partial charge on any atom is 0.115 e. The molecular formula is C10H18O2. The normalized spacial score (nSPS) is 14.4. The van der Waals surface area contributed by atoms with Gasteiger partial charge < -0.3 is 9.84 Å². The van der Waals surface area contributed by atoms with E-state index in [1.807, 2.05) is 26.0 Å². The molecule has 2 nitrogen and oxygen atoms in total. The first-order valence-corrected chi connectivity index (χ1v) is 4.54. The molecule has 0 bridgehead atoms. The Morgan fingerprint density at radius 1 is 1.42 bits per heavy atom. The van der Waals surface area contributed by atoms with E-state index in [1.54, 1.807) is 0 Å². The van der Waals surface area contributed by atoms with Crippen molar-refractivity contribution in [2.45, 2.75) is 26.7 Å². The highest BCUT2D eigenvalue weighted by Gasteiger charge is 1.95. The van der Waals surface area contributed by atoms with Crippen molar-refractivity contribution < 1.29 is 9.84 Å². The molecule has 0 unspecified atom stereocenters. The Kier molecular flexibility index (Phi) is 7.81. The minimum Gasteiger partial charge on any atom is -0.492 e. The summed E-state index contributed by atoms with van der Waals surface area (Å²) in [5.74, 6) is 0.889. The fourth-order valence-electron chi connectivity index (χ4n) is 0.860. The van der Waals surface area contributed by atoms with Crippen LogP contribution in [0.1, 0.15) is 26.7 Å². The molecule has 0 aliphatic heterocycles. The van der Waals surface area contributed by atoms with Crippen LogP contribution in [-0.2, 0) is 4.74 Å². The number of rotatable bonds is 3. The van der Waals surface area contributed by atoms with Gasteiger partial charge in [0.25, 0.3) is 0 Å². The monoisotopic (exact) mass is 170 g/mol. The summed E-state index contributed by atoms with van der Waals surface area (Å²) in [6.07, 6.45) is 8.21. The highest BCUT2D eigenvalue weighted by molar-refractivity contribution is 5.15. The fourth-order valence-corrected chi connectivity index (χ4v) is 0.860. The molecule has 1 aliphatic carbocycles. The maximum absolute atomic E-state index is 8.42. The van der Waals surface area contributed by atoms with Crippen LogP contribution in [0.25, 0.3) is 0 Å². The van der Waals surface area contributed by atoms with Gasteiger partial charge in [0.1, 0.15) is 12.4 Å². The smallest absolute Gasteiger partial charge is 0.115 e. The number of ether oxygens (including phenoxy) is 1. The number of hydrogen-bond donors (Lipinski definition) is 1. The Bertz CT molecular complexity index is 148. The van der Waals surface area contributed by atoms with Gasteiger partial charge in [0.15, 0.2) is 0 Å². The predicted octanol–water partition coefficient (Wildman–Crippen LogP) is 2.26. The molecule has 0 saturated carbocycles. The Morgan fingerprint density at radius 3 is 2.67 bits per heavy atom. The van der Waals surface area contributed by atoms with Crippen molar-refractivity contribution in [3.63, 3.8) is 0 Å². The van der Waals surface area contributed by atoms with Crippen LogP contribution in [0.5, 0.6) is 0 Å². The summed E-state index contributed by atoms with van der Waals surface area (Å²) < 4.78 is 5.16. The lowest BCUT2D eigenvalue weighted by atomic mass is 10.2. The molecule has 0 atom stereocenters. The molecule has 1 N–H and O–H groups in total. The highest BCUT2D eigenvalue weighted by atomic mass is 16.5. The molecule has 2 heteroatoms. The van der Waals surface area contributed by atoms with Crippen molar-refractivity contribution in [2.24, 2.45) is 0 Å². The van der Waals surface area contributed by atoms with Gasteiger partial charge in [-0.3, -0.25) is 0 Å². The van der Waals surface area contributed by atoms with E-state index in [-0.39, 0.29) is 6.61 Å². The summed E-state index contributed by atoms with van der Waals surface area (Å²) in [5, 5.41) is 8.42. The molecule has 0 spiro atoms. The van der Waals surface area contributed by atoms with Crippen LogP contribution in [0.4, 0.5) is 0 Å².